The number of carbonyl (C=O) groups excluding carboxylic acids is 1. The maximum absolute atomic E-state index is 13.9. The molecule has 0 amide bonds. The minimum Gasteiger partial charge on any atom is -0.462 e. The van der Waals surface area contributed by atoms with Gasteiger partial charge in [0.05, 0.1) is 19.0 Å². The maximum Gasteiger partial charge on any atom is 0.459 e. The lowest BCUT2D eigenvalue weighted by Gasteiger charge is -2.45. The van der Waals surface area contributed by atoms with Crippen molar-refractivity contribution >= 4 is 30.7 Å². The zero-order chi connectivity index (χ0) is 27.8. The lowest BCUT2D eigenvalue weighted by atomic mass is 9.90. The number of hydrogen-bond donors (Lipinski definition) is 3. The number of aromatic nitrogens is 4. The Morgan fingerprint density at radius 3 is 2.69 bits per heavy atom. The van der Waals surface area contributed by atoms with Crippen molar-refractivity contribution in [2.45, 2.75) is 69.0 Å². The number of aliphatic hydroxyl groups is 1. The molecular weight excluding hydrogens is 531 g/mol. The van der Waals surface area contributed by atoms with E-state index in [4.69, 9.17) is 29.0 Å². The highest BCUT2D eigenvalue weighted by Gasteiger charge is 3.01. The van der Waals surface area contributed by atoms with Gasteiger partial charge in [-0.2, -0.15) is 5.09 Å². The third kappa shape index (κ3) is 3.70. The van der Waals surface area contributed by atoms with Crippen molar-refractivity contribution in [3.8, 4) is 5.75 Å². The predicted octanol–water partition coefficient (Wildman–Crippen LogP) is 1.71. The Bertz CT molecular complexity index is 1490. The van der Waals surface area contributed by atoms with E-state index in [9.17, 15) is 14.5 Å². The highest BCUT2D eigenvalue weighted by Crippen LogP contribution is 2.78. The molecule has 3 aromatic rings. The molecule has 7 atom stereocenters. The second-order valence-corrected chi connectivity index (χ2v) is 12.0. The molecule has 0 radical (unpaired) electrons. The van der Waals surface area contributed by atoms with E-state index in [-0.39, 0.29) is 24.3 Å². The number of imidazole rings is 1. The van der Waals surface area contributed by atoms with Crippen molar-refractivity contribution in [3.63, 3.8) is 0 Å². The molecule has 2 aromatic heterocycles. The number of anilines is 1. The topological polar surface area (TPSA) is 182 Å². The third-order valence-electron chi connectivity index (χ3n) is 7.39. The van der Waals surface area contributed by atoms with Crippen LogP contribution in [0.3, 0.4) is 0 Å². The molecule has 3 aliphatic rings. The van der Waals surface area contributed by atoms with Crippen molar-refractivity contribution in [1.82, 2.24) is 24.6 Å². The van der Waals surface area contributed by atoms with Crippen LogP contribution < -0.4 is 15.3 Å². The van der Waals surface area contributed by atoms with E-state index in [0.29, 0.717) is 11.2 Å². The van der Waals surface area contributed by atoms with Gasteiger partial charge in [-0.15, -0.1) is 0 Å². The smallest absolute Gasteiger partial charge is 0.459 e. The molecule has 0 bridgehead atoms. The average molecular weight is 561 g/mol. The van der Waals surface area contributed by atoms with E-state index >= 15 is 0 Å². The van der Waals surface area contributed by atoms with Crippen LogP contribution in [0, 0.1) is 0 Å². The van der Waals surface area contributed by atoms with Crippen LogP contribution in [0.1, 0.15) is 33.9 Å². The van der Waals surface area contributed by atoms with E-state index < -0.39 is 48.9 Å². The molecule has 2 unspecified atom stereocenters. The Morgan fingerprint density at radius 2 is 1.97 bits per heavy atom. The van der Waals surface area contributed by atoms with Crippen LogP contribution in [0.25, 0.3) is 11.2 Å². The van der Waals surface area contributed by atoms with Gasteiger partial charge in [0.2, 0.25) is 0 Å². The monoisotopic (exact) mass is 560 g/mol. The highest BCUT2D eigenvalue weighted by molar-refractivity contribution is 7.52. The maximum atomic E-state index is 13.9. The minimum absolute atomic E-state index is 0.200. The molecule has 208 valence electrons. The summed E-state index contributed by atoms with van der Waals surface area (Å²) in [7, 11) is -4.20. The van der Waals surface area contributed by atoms with Crippen LogP contribution >= 0.6 is 7.75 Å². The number of ether oxygens (including phenoxy) is 3. The molecular formula is C24H29N6O8P. The fourth-order valence-electron chi connectivity index (χ4n) is 5.40. The molecule has 0 spiro atoms. The van der Waals surface area contributed by atoms with Crippen LogP contribution in [0.5, 0.6) is 5.75 Å². The molecule has 4 N–H and O–H groups in total. The Kier molecular flexibility index (Phi) is 5.81. The number of para-hydroxylation sites is 1. The molecule has 1 aromatic carbocycles. The molecule has 39 heavy (non-hydrogen) atoms. The summed E-state index contributed by atoms with van der Waals surface area (Å²) in [5, 5.41) is 14.2. The third-order valence-corrected chi connectivity index (χ3v) is 9.02. The van der Waals surface area contributed by atoms with Gasteiger partial charge in [-0.05, 0) is 39.8 Å². The summed E-state index contributed by atoms with van der Waals surface area (Å²) in [5.74, 6) is -0.178. The molecule has 6 rings (SSSR count). The summed E-state index contributed by atoms with van der Waals surface area (Å²) < 4.78 is 44.8. The van der Waals surface area contributed by atoms with Gasteiger partial charge in [0.1, 0.15) is 35.3 Å². The number of benzene rings is 1. The lowest BCUT2D eigenvalue weighted by Crippen LogP contribution is -2.60. The van der Waals surface area contributed by atoms with E-state index in [0.717, 1.165) is 0 Å². The zero-order valence-corrected chi connectivity index (χ0v) is 22.6. The fraction of sp³-hybridized carbons (Fsp3) is 0.500. The van der Waals surface area contributed by atoms with Crippen molar-refractivity contribution in [2.24, 2.45) is 0 Å². The van der Waals surface area contributed by atoms with Gasteiger partial charge in [-0.25, -0.2) is 19.5 Å². The van der Waals surface area contributed by atoms with Gasteiger partial charge in [-0.3, -0.25) is 13.9 Å². The predicted molar refractivity (Wildman–Crippen MR) is 135 cm³/mol. The summed E-state index contributed by atoms with van der Waals surface area (Å²) in [6.07, 6.45) is 0.857. The second-order valence-electron chi connectivity index (χ2n) is 10.3. The Morgan fingerprint density at radius 1 is 1.23 bits per heavy atom. The molecule has 4 heterocycles. The number of nitrogen functional groups attached to an aromatic ring is 1. The van der Waals surface area contributed by atoms with E-state index in [1.54, 1.807) is 55.7 Å². The van der Waals surface area contributed by atoms with Gasteiger partial charge < -0.3 is 29.6 Å². The van der Waals surface area contributed by atoms with Gasteiger partial charge in [0, 0.05) is 0 Å². The first-order chi connectivity index (χ1) is 18.4. The molecule has 14 nitrogen and oxygen atoms in total. The average Bonchev–Trinajstić information content (AvgIpc) is 3.15. The number of nitrogens with one attached hydrogen (secondary N) is 1. The van der Waals surface area contributed by atoms with Crippen molar-refractivity contribution in [3.05, 3.63) is 43.0 Å². The molecule has 1 saturated carbocycles. The van der Waals surface area contributed by atoms with E-state index in [2.05, 4.69) is 20.0 Å². The van der Waals surface area contributed by atoms with Crippen LogP contribution in [0.15, 0.2) is 43.0 Å². The molecule has 3 fully saturated rings. The molecule has 2 saturated heterocycles. The number of nitrogens with zero attached hydrogens (tertiary/aromatic N) is 4. The van der Waals surface area contributed by atoms with E-state index in [1.807, 2.05) is 0 Å². The Labute approximate surface area is 223 Å². The van der Waals surface area contributed by atoms with E-state index in [1.165, 1.54) is 19.6 Å². The molecule has 15 heteroatoms. The minimum atomic E-state index is -4.20. The SMILES string of the molecule is CC(C)OC(=O)[C@H](C)NP(=O)(OC[C@]12O[C@@H](n3cnc4c(N)ncnc43)[C@]3(C)OC1[C@@]23O)Oc1ccccc1. The number of nitrogens with two attached hydrogens (primary N) is 1. The Hall–Kier alpha value is -3.13. The van der Waals surface area contributed by atoms with Crippen LogP contribution in [-0.2, 0) is 28.1 Å². The summed E-state index contributed by atoms with van der Waals surface area (Å²) in [6.45, 7) is 6.24. The first-order valence-corrected chi connectivity index (χ1v) is 14.0. The first-order valence-electron chi connectivity index (χ1n) is 12.4. The Balaban J connectivity index is 1.26. The van der Waals surface area contributed by atoms with Crippen LogP contribution in [0.4, 0.5) is 5.82 Å². The van der Waals surface area contributed by atoms with Crippen molar-refractivity contribution in [1.29, 1.82) is 0 Å². The summed E-state index contributed by atoms with van der Waals surface area (Å²) >= 11 is 0. The zero-order valence-electron chi connectivity index (χ0n) is 21.7. The van der Waals surface area contributed by atoms with Gasteiger partial charge >= 0.3 is 13.7 Å². The van der Waals surface area contributed by atoms with Gasteiger partial charge in [0.25, 0.3) is 0 Å². The summed E-state index contributed by atoms with van der Waals surface area (Å²) in [6, 6.07) is 7.35. The normalized spacial score (nSPS) is 32.8. The number of rotatable bonds is 10. The lowest BCUT2D eigenvalue weighted by molar-refractivity contribution is -0.294. The first kappa shape index (κ1) is 26.1. The largest absolute Gasteiger partial charge is 0.462 e. The quantitative estimate of drug-likeness (QED) is 0.241. The number of esters is 1. The summed E-state index contributed by atoms with van der Waals surface area (Å²) in [4.78, 5) is 24.9. The molecule has 2 aliphatic heterocycles. The molecule has 1 aliphatic carbocycles. The van der Waals surface area contributed by atoms with Crippen LogP contribution in [0.2, 0.25) is 0 Å². The number of fused-ring (bicyclic) bond motifs is 2. The number of carbonyl (C=O) groups is 1. The van der Waals surface area contributed by atoms with Crippen molar-refractivity contribution in [2.75, 3.05) is 12.3 Å². The fourth-order valence-corrected chi connectivity index (χ4v) is 6.92. The standard InChI is InChI=1S/C24H29N6O8P/c1-13(2)35-19(31)14(3)29-39(33,38-15-8-6-5-7-9-15)34-10-23-20-24(23,32)22(4,36-20)21(37-23)30-12-28-16-17(25)26-11-27-18(16)30/h5-9,11-14,20-21,32H,10H2,1-4H3,(H,29,33)(H2,25,26,27)/t14-,20?,21+,22-,23-,24-,39?/m0/s1. The van der Waals surface area contributed by atoms with Crippen molar-refractivity contribution < 1.29 is 37.7 Å². The van der Waals surface area contributed by atoms with Crippen LogP contribution in [-0.4, -0.2) is 72.3 Å². The highest BCUT2D eigenvalue weighted by atomic mass is 31.2. The second kappa shape index (κ2) is 8.68. The number of hydrogen-bond acceptors (Lipinski definition) is 12. The van der Waals surface area contributed by atoms with Gasteiger partial charge in [-0.1, -0.05) is 18.2 Å². The summed E-state index contributed by atoms with van der Waals surface area (Å²) in [5.41, 5.74) is 2.72. The van der Waals surface area contributed by atoms with Gasteiger partial charge in [0.15, 0.2) is 28.9 Å².